The molecule has 3 N–H and O–H groups in total. The number of carbonyl (C=O) groups is 1. The smallest absolute Gasteiger partial charge is 0.234 e. The third-order valence-corrected chi connectivity index (χ3v) is 2.48. The van der Waals surface area contributed by atoms with Gasteiger partial charge in [0.25, 0.3) is 0 Å². The van der Waals surface area contributed by atoms with Crippen LogP contribution < -0.4 is 16.0 Å². The first-order valence-electron chi connectivity index (χ1n) is 7.41. The van der Waals surface area contributed by atoms with Crippen LogP contribution in [-0.4, -0.2) is 32.2 Å². The van der Waals surface area contributed by atoms with Crippen LogP contribution in [0.15, 0.2) is 0 Å². The first kappa shape index (κ1) is 14.5. The van der Waals surface area contributed by atoms with Crippen molar-refractivity contribution in [1.29, 1.82) is 0 Å². The zero-order valence-electron chi connectivity index (χ0n) is 12.3. The van der Waals surface area contributed by atoms with E-state index in [0.717, 1.165) is 32.2 Å². The topological polar surface area (TPSA) is 53.2 Å². The molecule has 1 atom stereocenters. The SMILES string of the molecule is [2H][C@@H](CCCC)NCC(=O)NCNCCCCC. The van der Waals surface area contributed by atoms with Crippen LogP contribution in [-0.2, 0) is 4.79 Å². The third kappa shape index (κ3) is 13.3. The van der Waals surface area contributed by atoms with Gasteiger partial charge in [-0.2, -0.15) is 0 Å². The molecule has 17 heavy (non-hydrogen) atoms. The van der Waals surface area contributed by atoms with Gasteiger partial charge in [-0.25, -0.2) is 0 Å². The van der Waals surface area contributed by atoms with Gasteiger partial charge in [-0.3, -0.25) is 10.1 Å². The van der Waals surface area contributed by atoms with E-state index in [1.54, 1.807) is 0 Å². The number of hydrogen-bond donors (Lipinski definition) is 3. The van der Waals surface area contributed by atoms with Gasteiger partial charge in [0.05, 0.1) is 13.2 Å². The average Bonchev–Trinajstić information content (AvgIpc) is 2.38. The minimum Gasteiger partial charge on any atom is -0.342 e. The Morgan fingerprint density at radius 1 is 1.06 bits per heavy atom. The lowest BCUT2D eigenvalue weighted by atomic mass is 10.2. The molecule has 0 unspecified atom stereocenters. The van der Waals surface area contributed by atoms with Crippen LogP contribution in [0.3, 0.4) is 0 Å². The summed E-state index contributed by atoms with van der Waals surface area (Å²) in [6, 6.07) is 0. The monoisotopic (exact) mass is 244 g/mol. The van der Waals surface area contributed by atoms with Crippen LogP contribution in [0.4, 0.5) is 0 Å². The molecule has 0 aliphatic carbocycles. The van der Waals surface area contributed by atoms with Crippen molar-refractivity contribution in [3.63, 3.8) is 0 Å². The normalized spacial score (nSPS) is 13.2. The van der Waals surface area contributed by atoms with E-state index >= 15 is 0 Å². The molecule has 0 aliphatic heterocycles. The fourth-order valence-corrected chi connectivity index (χ4v) is 1.39. The van der Waals surface area contributed by atoms with E-state index in [1.807, 2.05) is 0 Å². The van der Waals surface area contributed by atoms with Crippen LogP contribution in [0, 0.1) is 0 Å². The minimum atomic E-state index is -0.326. The van der Waals surface area contributed by atoms with Crippen molar-refractivity contribution in [2.75, 3.05) is 26.3 Å². The lowest BCUT2D eigenvalue weighted by Crippen LogP contribution is -2.39. The average molecular weight is 244 g/mol. The van der Waals surface area contributed by atoms with Gasteiger partial charge in [-0.15, -0.1) is 0 Å². The van der Waals surface area contributed by atoms with Crippen LogP contribution in [0.5, 0.6) is 0 Å². The molecular weight excluding hydrogens is 214 g/mol. The molecule has 0 aromatic heterocycles. The maximum Gasteiger partial charge on any atom is 0.234 e. The Labute approximate surface area is 107 Å². The highest BCUT2D eigenvalue weighted by atomic mass is 16.1. The lowest BCUT2D eigenvalue weighted by Gasteiger charge is -2.07. The van der Waals surface area contributed by atoms with Crippen molar-refractivity contribution < 1.29 is 6.17 Å². The van der Waals surface area contributed by atoms with Gasteiger partial charge in [0.2, 0.25) is 5.91 Å². The van der Waals surface area contributed by atoms with E-state index < -0.39 is 0 Å². The second-order valence-electron chi connectivity index (χ2n) is 4.21. The summed E-state index contributed by atoms with van der Waals surface area (Å²) in [5.41, 5.74) is 0. The van der Waals surface area contributed by atoms with Crippen LogP contribution in [0.25, 0.3) is 0 Å². The minimum absolute atomic E-state index is 0.0493. The Kier molecular flexibility index (Phi) is 11.4. The van der Waals surface area contributed by atoms with Gasteiger partial charge in [-0.05, 0) is 25.9 Å². The molecular formula is C13H29N3O. The second kappa shape index (κ2) is 13.5. The summed E-state index contributed by atoms with van der Waals surface area (Å²) < 4.78 is 7.65. The van der Waals surface area contributed by atoms with Crippen molar-refractivity contribution in [1.82, 2.24) is 16.0 Å². The van der Waals surface area contributed by atoms with Crippen LogP contribution in [0.2, 0.25) is 0 Å². The zero-order chi connectivity index (χ0) is 13.6. The molecule has 0 aliphatic rings. The Morgan fingerprint density at radius 3 is 2.47 bits per heavy atom. The predicted molar refractivity (Wildman–Crippen MR) is 72.9 cm³/mol. The molecule has 0 bridgehead atoms. The maximum absolute atomic E-state index is 11.4. The number of carbonyl (C=O) groups excluding carboxylic acids is 1. The van der Waals surface area contributed by atoms with Gasteiger partial charge in [-0.1, -0.05) is 39.5 Å². The summed E-state index contributed by atoms with van der Waals surface area (Å²) in [7, 11) is 0. The predicted octanol–water partition coefficient (Wildman–Crippen LogP) is 1.62. The quantitative estimate of drug-likeness (QED) is 0.361. The van der Waals surface area contributed by atoms with E-state index in [2.05, 4.69) is 29.8 Å². The zero-order valence-corrected chi connectivity index (χ0v) is 11.3. The molecule has 0 fully saturated rings. The highest BCUT2D eigenvalue weighted by molar-refractivity contribution is 5.77. The molecule has 0 radical (unpaired) electrons. The summed E-state index contributed by atoms with van der Waals surface area (Å²) in [6.07, 6.45) is 6.50. The van der Waals surface area contributed by atoms with Gasteiger partial charge < -0.3 is 10.6 Å². The fraction of sp³-hybridized carbons (Fsp3) is 0.923. The van der Waals surface area contributed by atoms with Crippen molar-refractivity contribution in [2.45, 2.75) is 52.4 Å². The van der Waals surface area contributed by atoms with Crippen molar-refractivity contribution in [2.24, 2.45) is 0 Å². The molecule has 0 aromatic rings. The number of unbranched alkanes of at least 4 members (excludes halogenated alkanes) is 3. The summed E-state index contributed by atoms with van der Waals surface area (Å²) in [5, 5.41) is 8.85. The van der Waals surface area contributed by atoms with Crippen LogP contribution >= 0.6 is 0 Å². The van der Waals surface area contributed by atoms with Gasteiger partial charge >= 0.3 is 0 Å². The molecule has 0 aromatic carbocycles. The molecule has 102 valence electrons. The number of hydrogen-bond acceptors (Lipinski definition) is 3. The molecule has 0 rings (SSSR count). The molecule has 0 spiro atoms. The molecule has 0 heterocycles. The summed E-state index contributed by atoms with van der Waals surface area (Å²) >= 11 is 0. The van der Waals surface area contributed by atoms with Crippen molar-refractivity contribution in [3.05, 3.63) is 0 Å². The summed E-state index contributed by atoms with van der Waals surface area (Å²) in [5.74, 6) is -0.0493. The van der Waals surface area contributed by atoms with E-state index in [4.69, 9.17) is 1.37 Å². The van der Waals surface area contributed by atoms with Crippen molar-refractivity contribution >= 4 is 5.91 Å². The first-order chi connectivity index (χ1) is 8.70. The van der Waals surface area contributed by atoms with E-state index in [-0.39, 0.29) is 19.0 Å². The molecule has 0 saturated heterocycles. The fourth-order valence-electron chi connectivity index (χ4n) is 1.39. The second-order valence-corrected chi connectivity index (χ2v) is 4.21. The third-order valence-electron chi connectivity index (χ3n) is 2.48. The molecule has 4 nitrogen and oxygen atoms in total. The number of nitrogens with one attached hydrogen (secondary N) is 3. The number of amides is 1. The van der Waals surface area contributed by atoms with E-state index in [0.29, 0.717) is 6.67 Å². The first-order valence-corrected chi connectivity index (χ1v) is 6.83. The Bertz CT molecular complexity index is 203. The highest BCUT2D eigenvalue weighted by Gasteiger charge is 1.98. The standard InChI is InChI=1S/C13H29N3O/c1-3-5-7-9-14-11-13(17)16-12-15-10-8-6-4-2/h14-15H,3-12H2,1-2H3,(H,16,17)/i9D/t9-/m0/s1. The van der Waals surface area contributed by atoms with Crippen LogP contribution in [0.1, 0.15) is 53.7 Å². The van der Waals surface area contributed by atoms with E-state index in [1.165, 1.54) is 12.8 Å². The summed E-state index contributed by atoms with van der Waals surface area (Å²) in [6.45, 7) is 5.63. The Balaban J connectivity index is 3.31. The molecule has 1 amide bonds. The number of rotatable bonds is 12. The largest absolute Gasteiger partial charge is 0.342 e. The Morgan fingerprint density at radius 2 is 1.76 bits per heavy atom. The van der Waals surface area contributed by atoms with E-state index in [9.17, 15) is 4.79 Å². The summed E-state index contributed by atoms with van der Waals surface area (Å²) in [4.78, 5) is 11.4. The van der Waals surface area contributed by atoms with Gasteiger partial charge in [0.1, 0.15) is 0 Å². The highest BCUT2D eigenvalue weighted by Crippen LogP contribution is 1.91. The lowest BCUT2D eigenvalue weighted by molar-refractivity contribution is -0.120. The van der Waals surface area contributed by atoms with Gasteiger partial charge in [0, 0.05) is 1.37 Å². The maximum atomic E-state index is 11.4. The van der Waals surface area contributed by atoms with Gasteiger partial charge in [0.15, 0.2) is 0 Å². The molecule has 4 heteroatoms. The van der Waals surface area contributed by atoms with Crippen molar-refractivity contribution in [3.8, 4) is 0 Å². The molecule has 0 saturated carbocycles. The Hall–Kier alpha value is -0.610.